The molecule has 2 rings (SSSR count). The third kappa shape index (κ3) is 1.82. The summed E-state index contributed by atoms with van der Waals surface area (Å²) in [4.78, 5) is 13.3. The smallest absolute Gasteiger partial charge is 0.238 e. The van der Waals surface area contributed by atoms with Crippen molar-refractivity contribution in [3.8, 4) is 5.69 Å². The molecule has 0 N–H and O–H groups in total. The number of halogens is 1. The molecule has 0 aliphatic heterocycles. The molecule has 0 unspecified atom stereocenters. The lowest BCUT2D eigenvalue weighted by atomic mass is 10.2. The van der Waals surface area contributed by atoms with Crippen molar-refractivity contribution in [2.24, 2.45) is 4.99 Å². The predicted octanol–water partition coefficient (Wildman–Crippen LogP) is 1.98. The maximum atomic E-state index is 13.5. The standard InChI is InChI=1S/C10H6FN3O/c11-9-6-8(12-7-15)2-3-10(9)14-5-1-4-13-14/h1-6H. The highest BCUT2D eigenvalue weighted by Gasteiger charge is 2.04. The van der Waals surface area contributed by atoms with Crippen molar-refractivity contribution in [3.63, 3.8) is 0 Å². The van der Waals surface area contributed by atoms with Crippen LogP contribution in [0.3, 0.4) is 0 Å². The zero-order chi connectivity index (χ0) is 10.7. The van der Waals surface area contributed by atoms with Gasteiger partial charge in [0.25, 0.3) is 0 Å². The minimum atomic E-state index is -0.491. The van der Waals surface area contributed by atoms with Gasteiger partial charge in [-0.3, -0.25) is 0 Å². The first kappa shape index (κ1) is 9.30. The highest BCUT2D eigenvalue weighted by Crippen LogP contribution is 2.19. The van der Waals surface area contributed by atoms with Gasteiger partial charge in [-0.25, -0.2) is 13.9 Å². The predicted molar refractivity (Wildman–Crippen MR) is 51.3 cm³/mol. The Labute approximate surface area is 84.7 Å². The Morgan fingerprint density at radius 2 is 2.33 bits per heavy atom. The molecule has 74 valence electrons. The van der Waals surface area contributed by atoms with E-state index in [4.69, 9.17) is 0 Å². The van der Waals surface area contributed by atoms with Gasteiger partial charge in [-0.1, -0.05) is 0 Å². The van der Waals surface area contributed by atoms with Crippen LogP contribution in [-0.4, -0.2) is 15.9 Å². The molecule has 0 bridgehead atoms. The first-order chi connectivity index (χ1) is 7.31. The van der Waals surface area contributed by atoms with Crippen LogP contribution in [0.5, 0.6) is 0 Å². The van der Waals surface area contributed by atoms with E-state index >= 15 is 0 Å². The van der Waals surface area contributed by atoms with E-state index in [2.05, 4.69) is 10.1 Å². The molecule has 0 aliphatic rings. The summed E-state index contributed by atoms with van der Waals surface area (Å²) in [7, 11) is 0. The Balaban J connectivity index is 2.48. The molecule has 1 heterocycles. The zero-order valence-corrected chi connectivity index (χ0v) is 7.59. The summed E-state index contributed by atoms with van der Waals surface area (Å²) in [6.07, 6.45) is 4.53. The molecule has 0 atom stereocenters. The Bertz CT molecular complexity index is 515. The molecule has 0 amide bonds. The molecule has 0 radical (unpaired) electrons. The van der Waals surface area contributed by atoms with E-state index in [-0.39, 0.29) is 5.69 Å². The SMILES string of the molecule is O=C=Nc1ccc(-n2cccn2)c(F)c1. The molecule has 0 aliphatic carbocycles. The van der Waals surface area contributed by atoms with Gasteiger partial charge in [-0.2, -0.15) is 10.1 Å². The van der Waals surface area contributed by atoms with Crippen molar-refractivity contribution in [1.82, 2.24) is 9.78 Å². The first-order valence-electron chi connectivity index (χ1n) is 4.19. The molecule has 1 aromatic carbocycles. The summed E-state index contributed by atoms with van der Waals surface area (Å²) < 4.78 is 14.9. The lowest BCUT2D eigenvalue weighted by molar-refractivity contribution is 0.565. The third-order valence-corrected chi connectivity index (χ3v) is 1.86. The molecule has 0 spiro atoms. The van der Waals surface area contributed by atoms with Gasteiger partial charge in [0.05, 0.1) is 5.69 Å². The van der Waals surface area contributed by atoms with Crippen LogP contribution in [0.1, 0.15) is 0 Å². The van der Waals surface area contributed by atoms with E-state index in [9.17, 15) is 9.18 Å². The highest BCUT2D eigenvalue weighted by molar-refractivity contribution is 5.51. The van der Waals surface area contributed by atoms with Gasteiger partial charge in [0.1, 0.15) is 5.69 Å². The maximum Gasteiger partial charge on any atom is 0.240 e. The molecule has 2 aromatic rings. The number of carbonyl (C=O) groups excluding carboxylic acids is 1. The zero-order valence-electron chi connectivity index (χ0n) is 7.59. The second kappa shape index (κ2) is 3.86. The van der Waals surface area contributed by atoms with Gasteiger partial charge in [0.2, 0.25) is 6.08 Å². The summed E-state index contributed by atoms with van der Waals surface area (Å²) >= 11 is 0. The molecule has 15 heavy (non-hydrogen) atoms. The van der Waals surface area contributed by atoms with Crippen LogP contribution >= 0.6 is 0 Å². The molecule has 0 saturated heterocycles. The number of hydrogen-bond acceptors (Lipinski definition) is 3. The van der Waals surface area contributed by atoms with Crippen molar-refractivity contribution < 1.29 is 9.18 Å². The van der Waals surface area contributed by atoms with Crippen LogP contribution < -0.4 is 0 Å². The Morgan fingerprint density at radius 1 is 1.47 bits per heavy atom. The van der Waals surface area contributed by atoms with Crippen molar-refractivity contribution in [1.29, 1.82) is 0 Å². The van der Waals surface area contributed by atoms with Crippen LogP contribution in [0.25, 0.3) is 5.69 Å². The Hall–Kier alpha value is -2.26. The Kier molecular flexibility index (Phi) is 2.39. The minimum absolute atomic E-state index is 0.235. The average molecular weight is 203 g/mol. The van der Waals surface area contributed by atoms with Crippen molar-refractivity contribution in [2.45, 2.75) is 0 Å². The van der Waals surface area contributed by atoms with E-state index in [0.717, 1.165) is 6.07 Å². The monoisotopic (exact) mass is 203 g/mol. The van der Waals surface area contributed by atoms with Crippen LogP contribution in [0, 0.1) is 5.82 Å². The summed E-state index contributed by atoms with van der Waals surface area (Å²) in [5.41, 5.74) is 0.545. The van der Waals surface area contributed by atoms with E-state index in [0.29, 0.717) is 5.69 Å². The van der Waals surface area contributed by atoms with Crippen LogP contribution in [0.15, 0.2) is 41.7 Å². The largest absolute Gasteiger partial charge is 0.240 e. The number of hydrogen-bond donors (Lipinski definition) is 0. The number of aliphatic imine (C=N–C) groups is 1. The van der Waals surface area contributed by atoms with Gasteiger partial charge < -0.3 is 0 Å². The van der Waals surface area contributed by atoms with E-state index in [1.54, 1.807) is 18.5 Å². The number of isocyanates is 1. The Morgan fingerprint density at radius 3 is 2.93 bits per heavy atom. The minimum Gasteiger partial charge on any atom is -0.238 e. The van der Waals surface area contributed by atoms with Crippen LogP contribution in [0.4, 0.5) is 10.1 Å². The van der Waals surface area contributed by atoms with Gasteiger partial charge >= 0.3 is 0 Å². The fourth-order valence-electron chi connectivity index (χ4n) is 1.22. The topological polar surface area (TPSA) is 47.2 Å². The fourth-order valence-corrected chi connectivity index (χ4v) is 1.22. The van der Waals surface area contributed by atoms with E-state index < -0.39 is 5.82 Å². The molecule has 1 aromatic heterocycles. The maximum absolute atomic E-state index is 13.5. The van der Waals surface area contributed by atoms with E-state index in [1.807, 2.05) is 0 Å². The molecule has 0 fully saturated rings. The first-order valence-corrected chi connectivity index (χ1v) is 4.19. The van der Waals surface area contributed by atoms with E-state index in [1.165, 1.54) is 22.9 Å². The summed E-state index contributed by atoms with van der Waals surface area (Å²) in [5.74, 6) is -0.491. The summed E-state index contributed by atoms with van der Waals surface area (Å²) in [6, 6.07) is 5.86. The third-order valence-electron chi connectivity index (χ3n) is 1.86. The van der Waals surface area contributed by atoms with Gasteiger partial charge in [0, 0.05) is 18.5 Å². The van der Waals surface area contributed by atoms with Crippen LogP contribution in [-0.2, 0) is 4.79 Å². The lowest BCUT2D eigenvalue weighted by Crippen LogP contribution is -1.97. The summed E-state index contributed by atoms with van der Waals surface area (Å²) in [6.45, 7) is 0. The highest BCUT2D eigenvalue weighted by atomic mass is 19.1. The van der Waals surface area contributed by atoms with Crippen molar-refractivity contribution in [2.75, 3.05) is 0 Å². The number of rotatable bonds is 2. The fraction of sp³-hybridized carbons (Fsp3) is 0. The molecule has 4 nitrogen and oxygen atoms in total. The second-order valence-electron chi connectivity index (χ2n) is 2.79. The molecular formula is C10H6FN3O. The second-order valence-corrected chi connectivity index (χ2v) is 2.79. The van der Waals surface area contributed by atoms with Crippen molar-refractivity contribution >= 4 is 11.8 Å². The molecule has 0 saturated carbocycles. The molecular weight excluding hydrogens is 197 g/mol. The van der Waals surface area contributed by atoms with Gasteiger partial charge in [0.15, 0.2) is 5.82 Å². The normalized spacial score (nSPS) is 9.67. The molecule has 5 heteroatoms. The number of nitrogens with zero attached hydrogens (tertiary/aromatic N) is 3. The lowest BCUT2D eigenvalue weighted by Gasteiger charge is -2.02. The number of aromatic nitrogens is 2. The average Bonchev–Trinajstić information content (AvgIpc) is 2.71. The summed E-state index contributed by atoms with van der Waals surface area (Å²) in [5, 5.41) is 3.89. The quantitative estimate of drug-likeness (QED) is 0.553. The van der Waals surface area contributed by atoms with Gasteiger partial charge in [-0.15, -0.1) is 0 Å². The number of benzene rings is 1. The van der Waals surface area contributed by atoms with Gasteiger partial charge in [-0.05, 0) is 18.2 Å². The van der Waals surface area contributed by atoms with Crippen molar-refractivity contribution in [3.05, 3.63) is 42.5 Å². The van der Waals surface area contributed by atoms with Crippen LogP contribution in [0.2, 0.25) is 0 Å².